The summed E-state index contributed by atoms with van der Waals surface area (Å²) in [5, 5.41) is 3.03. The first-order valence-corrected chi connectivity index (χ1v) is 5.58. The molecule has 3 nitrogen and oxygen atoms in total. The van der Waals surface area contributed by atoms with Crippen LogP contribution in [0.15, 0.2) is 24.3 Å². The summed E-state index contributed by atoms with van der Waals surface area (Å²) in [4.78, 5) is 2.08. The Bertz CT molecular complexity index is 351. The molecule has 0 aliphatic carbocycles. The van der Waals surface area contributed by atoms with Crippen LogP contribution < -0.4 is 10.1 Å². The highest BCUT2D eigenvalue weighted by atomic mass is 19.4. The summed E-state index contributed by atoms with van der Waals surface area (Å²) in [5.74, 6) is -0.191. The topological polar surface area (TPSA) is 24.5 Å². The average molecular weight is 262 g/mol. The number of hydrogen-bond donors (Lipinski definition) is 1. The highest BCUT2D eigenvalue weighted by Gasteiger charge is 2.30. The Morgan fingerprint density at radius 1 is 1.22 bits per heavy atom. The van der Waals surface area contributed by atoms with E-state index in [1.165, 1.54) is 12.1 Å². The van der Waals surface area contributed by atoms with Crippen LogP contribution in [-0.2, 0) is 6.54 Å². The van der Waals surface area contributed by atoms with Crippen molar-refractivity contribution in [3.05, 3.63) is 29.8 Å². The second-order valence-electron chi connectivity index (χ2n) is 4.03. The summed E-state index contributed by atoms with van der Waals surface area (Å²) in [6.07, 6.45) is -4.63. The summed E-state index contributed by atoms with van der Waals surface area (Å²) < 4.78 is 39.7. The average Bonchev–Trinajstić information content (AvgIpc) is 2.27. The lowest BCUT2D eigenvalue weighted by Gasteiger charge is -2.16. The number of alkyl halides is 3. The molecule has 0 saturated carbocycles. The Kier molecular flexibility index (Phi) is 5.43. The molecule has 0 amide bonds. The quantitative estimate of drug-likeness (QED) is 0.851. The van der Waals surface area contributed by atoms with Crippen molar-refractivity contribution < 1.29 is 17.9 Å². The Balaban J connectivity index is 2.50. The van der Waals surface area contributed by atoms with Gasteiger partial charge in [-0.05, 0) is 31.8 Å². The first kappa shape index (κ1) is 14.8. The van der Waals surface area contributed by atoms with E-state index in [0.29, 0.717) is 6.54 Å². The fraction of sp³-hybridized carbons (Fsp3) is 0.500. The van der Waals surface area contributed by atoms with Gasteiger partial charge < -0.3 is 15.0 Å². The van der Waals surface area contributed by atoms with Crippen LogP contribution in [-0.4, -0.2) is 38.4 Å². The molecule has 0 heterocycles. The number of hydrogen-bond acceptors (Lipinski definition) is 3. The van der Waals surface area contributed by atoms with Gasteiger partial charge in [-0.15, -0.1) is 13.2 Å². The Morgan fingerprint density at radius 2 is 1.83 bits per heavy atom. The predicted molar refractivity (Wildman–Crippen MR) is 63.4 cm³/mol. The largest absolute Gasteiger partial charge is 0.573 e. The number of likely N-dealkylation sites (N-methyl/N-ethyl adjacent to an activating group) is 2. The van der Waals surface area contributed by atoms with Crippen LogP contribution >= 0.6 is 0 Å². The third-order valence-corrected chi connectivity index (χ3v) is 2.35. The predicted octanol–water partition coefficient (Wildman–Crippen LogP) is 2.24. The van der Waals surface area contributed by atoms with Gasteiger partial charge in [0.1, 0.15) is 5.75 Å². The fourth-order valence-electron chi connectivity index (χ4n) is 1.49. The van der Waals surface area contributed by atoms with Crippen molar-refractivity contribution in [3.8, 4) is 5.75 Å². The molecule has 1 aromatic carbocycles. The molecular formula is C12H17F3N2O. The minimum atomic E-state index is -4.63. The molecule has 0 spiro atoms. The smallest absolute Gasteiger partial charge is 0.406 e. The maximum absolute atomic E-state index is 12.0. The molecule has 0 bridgehead atoms. The molecule has 102 valence electrons. The van der Waals surface area contributed by atoms with Gasteiger partial charge in [0.2, 0.25) is 0 Å². The zero-order valence-corrected chi connectivity index (χ0v) is 10.4. The van der Waals surface area contributed by atoms with E-state index in [2.05, 4.69) is 15.0 Å². The number of nitrogens with zero attached hydrogens (tertiary/aromatic N) is 1. The van der Waals surface area contributed by atoms with Crippen LogP contribution in [0.25, 0.3) is 0 Å². The van der Waals surface area contributed by atoms with Gasteiger partial charge in [-0.1, -0.05) is 12.1 Å². The molecule has 1 rings (SSSR count). The van der Waals surface area contributed by atoms with Crippen molar-refractivity contribution in [3.63, 3.8) is 0 Å². The summed E-state index contributed by atoms with van der Waals surface area (Å²) in [5.41, 5.74) is 0.947. The van der Waals surface area contributed by atoms with Crippen LogP contribution in [0.5, 0.6) is 5.75 Å². The van der Waals surface area contributed by atoms with Crippen LogP contribution in [0.2, 0.25) is 0 Å². The maximum Gasteiger partial charge on any atom is 0.573 e. The molecule has 0 radical (unpaired) electrons. The zero-order chi connectivity index (χ0) is 13.6. The van der Waals surface area contributed by atoms with Crippen molar-refractivity contribution in [2.45, 2.75) is 12.9 Å². The molecule has 0 aromatic heterocycles. The van der Waals surface area contributed by atoms with Gasteiger partial charge in [0.05, 0.1) is 0 Å². The van der Waals surface area contributed by atoms with E-state index in [-0.39, 0.29) is 5.75 Å². The molecule has 1 aromatic rings. The molecule has 0 aliphatic rings. The molecular weight excluding hydrogens is 245 g/mol. The maximum atomic E-state index is 12.0. The Labute approximate surface area is 105 Å². The van der Waals surface area contributed by atoms with Gasteiger partial charge in [0.25, 0.3) is 0 Å². The van der Waals surface area contributed by atoms with Crippen LogP contribution in [0, 0.1) is 0 Å². The van der Waals surface area contributed by atoms with Crippen molar-refractivity contribution in [2.24, 2.45) is 0 Å². The molecule has 0 atom stereocenters. The standard InChI is InChI=1S/C12H17F3N2O/c1-16-7-8-17(2)9-10-3-5-11(6-4-10)18-12(13,14)15/h3-6,16H,7-9H2,1-2H3. The minimum absolute atomic E-state index is 0.191. The van der Waals surface area contributed by atoms with Crippen molar-refractivity contribution in [1.29, 1.82) is 0 Å². The van der Waals surface area contributed by atoms with E-state index in [1.807, 2.05) is 14.1 Å². The van der Waals surface area contributed by atoms with Gasteiger partial charge >= 0.3 is 6.36 Å². The van der Waals surface area contributed by atoms with E-state index in [0.717, 1.165) is 18.7 Å². The number of rotatable bonds is 6. The first-order valence-electron chi connectivity index (χ1n) is 5.58. The third kappa shape index (κ3) is 5.88. The van der Waals surface area contributed by atoms with Crippen LogP contribution in [0.4, 0.5) is 13.2 Å². The van der Waals surface area contributed by atoms with Crippen LogP contribution in [0.3, 0.4) is 0 Å². The number of benzene rings is 1. The highest BCUT2D eigenvalue weighted by Crippen LogP contribution is 2.22. The number of nitrogens with one attached hydrogen (secondary N) is 1. The summed E-state index contributed by atoms with van der Waals surface area (Å²) in [6.45, 7) is 2.43. The third-order valence-electron chi connectivity index (χ3n) is 2.35. The fourth-order valence-corrected chi connectivity index (χ4v) is 1.49. The molecule has 0 unspecified atom stereocenters. The van der Waals surface area contributed by atoms with E-state index in [4.69, 9.17) is 0 Å². The SMILES string of the molecule is CNCCN(C)Cc1ccc(OC(F)(F)F)cc1. The van der Waals surface area contributed by atoms with Gasteiger partial charge in [0, 0.05) is 19.6 Å². The lowest BCUT2D eigenvalue weighted by Crippen LogP contribution is -2.26. The monoisotopic (exact) mass is 262 g/mol. The summed E-state index contributed by atoms with van der Waals surface area (Å²) in [6, 6.07) is 5.93. The molecule has 6 heteroatoms. The van der Waals surface area contributed by atoms with Crippen LogP contribution in [0.1, 0.15) is 5.56 Å². The Morgan fingerprint density at radius 3 is 2.33 bits per heavy atom. The van der Waals surface area contributed by atoms with Gasteiger partial charge in [-0.2, -0.15) is 0 Å². The zero-order valence-electron chi connectivity index (χ0n) is 10.4. The van der Waals surface area contributed by atoms with Gasteiger partial charge in [-0.3, -0.25) is 0 Å². The molecule has 1 N–H and O–H groups in total. The van der Waals surface area contributed by atoms with Crippen molar-refractivity contribution >= 4 is 0 Å². The van der Waals surface area contributed by atoms with Gasteiger partial charge in [-0.25, -0.2) is 0 Å². The lowest BCUT2D eigenvalue weighted by molar-refractivity contribution is -0.274. The summed E-state index contributed by atoms with van der Waals surface area (Å²) >= 11 is 0. The normalized spacial score (nSPS) is 11.9. The molecule has 0 fully saturated rings. The minimum Gasteiger partial charge on any atom is -0.406 e. The Hall–Kier alpha value is -1.27. The molecule has 0 saturated heterocycles. The van der Waals surface area contributed by atoms with E-state index < -0.39 is 6.36 Å². The second kappa shape index (κ2) is 6.61. The van der Waals surface area contributed by atoms with E-state index in [1.54, 1.807) is 12.1 Å². The second-order valence-corrected chi connectivity index (χ2v) is 4.03. The number of halogens is 3. The van der Waals surface area contributed by atoms with Gasteiger partial charge in [0.15, 0.2) is 0 Å². The summed E-state index contributed by atoms with van der Waals surface area (Å²) in [7, 11) is 3.83. The molecule has 18 heavy (non-hydrogen) atoms. The van der Waals surface area contributed by atoms with E-state index >= 15 is 0 Å². The lowest BCUT2D eigenvalue weighted by atomic mass is 10.2. The molecule has 0 aliphatic heterocycles. The number of ether oxygens (including phenoxy) is 1. The van der Waals surface area contributed by atoms with Crippen molar-refractivity contribution in [2.75, 3.05) is 27.2 Å². The van der Waals surface area contributed by atoms with E-state index in [9.17, 15) is 13.2 Å². The van der Waals surface area contributed by atoms with Crippen molar-refractivity contribution in [1.82, 2.24) is 10.2 Å². The highest BCUT2D eigenvalue weighted by molar-refractivity contribution is 5.27. The first-order chi connectivity index (χ1) is 8.40.